The molecule has 2 aromatic rings. The molecule has 1 atom stereocenters. The van der Waals surface area contributed by atoms with E-state index in [1.165, 1.54) is 11.8 Å². The standard InChI is InChI=1S/C15H19N3O2S2/c1-7-8(2)22-15-12(7)14(20)17-11(18-15)6-21-9(3)13(19)16-10-4-5-10/h9-10H,4-6H2,1-3H3,(H,16,19)(H,17,18,20)/t9-/m0/s1. The van der Waals surface area contributed by atoms with Crippen LogP contribution in [0.3, 0.4) is 0 Å². The second kappa shape index (κ2) is 6.04. The average molecular weight is 337 g/mol. The fourth-order valence-corrected chi connectivity index (χ4v) is 4.01. The number of nitrogens with zero attached hydrogens (tertiary/aromatic N) is 1. The van der Waals surface area contributed by atoms with Crippen LogP contribution in [0, 0.1) is 13.8 Å². The first kappa shape index (κ1) is 15.6. The van der Waals surface area contributed by atoms with Crippen LogP contribution >= 0.6 is 23.1 Å². The third kappa shape index (κ3) is 3.20. The monoisotopic (exact) mass is 337 g/mol. The van der Waals surface area contributed by atoms with Crippen LogP contribution < -0.4 is 10.9 Å². The minimum atomic E-state index is -0.145. The van der Waals surface area contributed by atoms with Crippen molar-refractivity contribution in [1.29, 1.82) is 0 Å². The Kier molecular flexibility index (Phi) is 4.27. The maximum absolute atomic E-state index is 12.2. The van der Waals surface area contributed by atoms with Crippen molar-refractivity contribution in [3.63, 3.8) is 0 Å². The summed E-state index contributed by atoms with van der Waals surface area (Å²) in [7, 11) is 0. The van der Waals surface area contributed by atoms with Gasteiger partial charge >= 0.3 is 0 Å². The molecule has 2 aromatic heterocycles. The summed E-state index contributed by atoms with van der Waals surface area (Å²) in [5.74, 6) is 1.23. The number of amides is 1. The number of thioether (sulfide) groups is 1. The number of thiophene rings is 1. The highest BCUT2D eigenvalue weighted by molar-refractivity contribution is 7.99. The molecule has 0 aromatic carbocycles. The molecule has 0 unspecified atom stereocenters. The van der Waals surface area contributed by atoms with Crippen LogP contribution in [-0.4, -0.2) is 27.2 Å². The predicted molar refractivity (Wildman–Crippen MR) is 91.6 cm³/mol. The summed E-state index contributed by atoms with van der Waals surface area (Å²) in [6.07, 6.45) is 2.18. The number of hydrogen-bond acceptors (Lipinski definition) is 5. The van der Waals surface area contributed by atoms with Gasteiger partial charge in [-0.3, -0.25) is 9.59 Å². The van der Waals surface area contributed by atoms with E-state index < -0.39 is 0 Å². The van der Waals surface area contributed by atoms with Crippen LogP contribution in [0.25, 0.3) is 10.2 Å². The molecule has 3 rings (SSSR count). The van der Waals surface area contributed by atoms with Gasteiger partial charge in [-0.2, -0.15) is 0 Å². The highest BCUT2D eigenvalue weighted by Crippen LogP contribution is 2.26. The van der Waals surface area contributed by atoms with Gasteiger partial charge in [-0.25, -0.2) is 4.98 Å². The second-order valence-corrected chi connectivity index (χ2v) is 8.24. The summed E-state index contributed by atoms with van der Waals surface area (Å²) in [5.41, 5.74) is 0.919. The SMILES string of the molecule is Cc1sc2nc(CS[C@@H](C)C(=O)NC3CC3)[nH]c(=O)c2c1C. The summed E-state index contributed by atoms with van der Waals surface area (Å²) in [6.45, 7) is 5.84. The van der Waals surface area contributed by atoms with Crippen molar-refractivity contribution >= 4 is 39.2 Å². The normalized spacial score (nSPS) is 16.0. The molecule has 0 radical (unpaired) electrons. The van der Waals surface area contributed by atoms with E-state index in [1.807, 2.05) is 20.8 Å². The van der Waals surface area contributed by atoms with Gasteiger partial charge in [0.05, 0.1) is 16.4 Å². The fourth-order valence-electron chi connectivity index (χ4n) is 2.19. The first-order chi connectivity index (χ1) is 10.5. The molecular formula is C15H19N3O2S2. The van der Waals surface area contributed by atoms with E-state index in [9.17, 15) is 9.59 Å². The Morgan fingerprint density at radius 2 is 2.23 bits per heavy atom. The molecule has 1 aliphatic rings. The lowest BCUT2D eigenvalue weighted by Gasteiger charge is -2.10. The molecule has 1 saturated carbocycles. The Morgan fingerprint density at radius 3 is 2.91 bits per heavy atom. The Morgan fingerprint density at radius 1 is 1.50 bits per heavy atom. The van der Waals surface area contributed by atoms with Gasteiger partial charge in [0.15, 0.2) is 0 Å². The minimum absolute atomic E-state index is 0.0683. The first-order valence-electron chi connectivity index (χ1n) is 7.36. The van der Waals surface area contributed by atoms with E-state index in [1.54, 1.807) is 11.3 Å². The summed E-state index contributed by atoms with van der Waals surface area (Å²) < 4.78 is 0. The van der Waals surface area contributed by atoms with Crippen LogP contribution in [0.4, 0.5) is 0 Å². The topological polar surface area (TPSA) is 74.8 Å². The number of rotatable bonds is 5. The highest BCUT2D eigenvalue weighted by Gasteiger charge is 2.25. The van der Waals surface area contributed by atoms with Gasteiger partial charge in [0.2, 0.25) is 5.91 Å². The lowest BCUT2D eigenvalue weighted by atomic mass is 10.2. The summed E-state index contributed by atoms with van der Waals surface area (Å²) in [4.78, 5) is 33.4. The second-order valence-electron chi connectivity index (χ2n) is 5.71. The molecule has 22 heavy (non-hydrogen) atoms. The molecular weight excluding hydrogens is 318 g/mol. The van der Waals surface area contributed by atoms with Crippen LogP contribution in [0.2, 0.25) is 0 Å². The van der Waals surface area contributed by atoms with E-state index in [2.05, 4.69) is 15.3 Å². The molecule has 1 fully saturated rings. The number of aryl methyl sites for hydroxylation is 2. The van der Waals surface area contributed by atoms with E-state index in [0.29, 0.717) is 23.0 Å². The van der Waals surface area contributed by atoms with Gasteiger partial charge in [-0.1, -0.05) is 0 Å². The van der Waals surface area contributed by atoms with E-state index in [-0.39, 0.29) is 16.7 Å². The lowest BCUT2D eigenvalue weighted by molar-refractivity contribution is -0.120. The van der Waals surface area contributed by atoms with Crippen molar-refractivity contribution in [1.82, 2.24) is 15.3 Å². The number of nitrogens with one attached hydrogen (secondary N) is 2. The van der Waals surface area contributed by atoms with Crippen LogP contribution in [0.1, 0.15) is 36.0 Å². The fraction of sp³-hybridized carbons (Fsp3) is 0.533. The van der Waals surface area contributed by atoms with Gasteiger partial charge in [0.1, 0.15) is 10.7 Å². The van der Waals surface area contributed by atoms with E-state index >= 15 is 0 Å². The zero-order chi connectivity index (χ0) is 15.9. The van der Waals surface area contributed by atoms with Crippen molar-refractivity contribution in [2.75, 3.05) is 0 Å². The third-order valence-corrected chi connectivity index (χ3v) is 6.11. The zero-order valence-electron chi connectivity index (χ0n) is 12.9. The number of hydrogen-bond donors (Lipinski definition) is 2. The number of aromatic amines is 1. The molecule has 0 saturated heterocycles. The highest BCUT2D eigenvalue weighted by atomic mass is 32.2. The Balaban J connectivity index is 1.71. The average Bonchev–Trinajstić information content (AvgIpc) is 3.22. The number of carbonyl (C=O) groups excluding carboxylic acids is 1. The van der Waals surface area contributed by atoms with Gasteiger partial charge in [-0.15, -0.1) is 23.1 Å². The third-order valence-electron chi connectivity index (χ3n) is 3.85. The number of fused-ring (bicyclic) bond motifs is 1. The zero-order valence-corrected chi connectivity index (χ0v) is 14.5. The molecule has 2 heterocycles. The first-order valence-corrected chi connectivity index (χ1v) is 9.23. The smallest absolute Gasteiger partial charge is 0.259 e. The summed E-state index contributed by atoms with van der Waals surface area (Å²) >= 11 is 3.04. The van der Waals surface area contributed by atoms with Gasteiger partial charge in [-0.05, 0) is 39.2 Å². The Bertz CT molecular complexity index is 777. The van der Waals surface area contributed by atoms with E-state index in [0.717, 1.165) is 28.1 Å². The Labute approximate surface area is 136 Å². The van der Waals surface area contributed by atoms with Crippen molar-refractivity contribution in [2.45, 2.75) is 50.7 Å². The maximum Gasteiger partial charge on any atom is 0.259 e. The van der Waals surface area contributed by atoms with Gasteiger partial charge in [0.25, 0.3) is 5.56 Å². The molecule has 5 nitrogen and oxygen atoms in total. The molecule has 2 N–H and O–H groups in total. The molecule has 1 aliphatic carbocycles. The molecule has 0 aliphatic heterocycles. The summed E-state index contributed by atoms with van der Waals surface area (Å²) in [5, 5.41) is 3.54. The van der Waals surface area contributed by atoms with Crippen molar-refractivity contribution < 1.29 is 4.79 Å². The summed E-state index contributed by atoms with van der Waals surface area (Å²) in [6, 6.07) is 0.377. The van der Waals surface area contributed by atoms with Crippen LogP contribution in [0.15, 0.2) is 4.79 Å². The number of H-pyrrole nitrogens is 1. The van der Waals surface area contributed by atoms with Crippen molar-refractivity contribution in [3.8, 4) is 0 Å². The molecule has 0 spiro atoms. The maximum atomic E-state index is 12.2. The molecule has 0 bridgehead atoms. The quantitative estimate of drug-likeness (QED) is 0.879. The molecule has 118 valence electrons. The molecule has 7 heteroatoms. The van der Waals surface area contributed by atoms with E-state index in [4.69, 9.17) is 0 Å². The predicted octanol–water partition coefficient (Wildman–Crippen LogP) is 2.50. The largest absolute Gasteiger partial charge is 0.352 e. The Hall–Kier alpha value is -1.34. The number of carbonyl (C=O) groups is 1. The minimum Gasteiger partial charge on any atom is -0.352 e. The lowest BCUT2D eigenvalue weighted by Crippen LogP contribution is -2.32. The van der Waals surface area contributed by atoms with Crippen LogP contribution in [-0.2, 0) is 10.5 Å². The van der Waals surface area contributed by atoms with Gasteiger partial charge < -0.3 is 10.3 Å². The van der Waals surface area contributed by atoms with Crippen molar-refractivity contribution in [2.24, 2.45) is 0 Å². The molecule has 1 amide bonds. The van der Waals surface area contributed by atoms with Crippen LogP contribution in [0.5, 0.6) is 0 Å². The van der Waals surface area contributed by atoms with Crippen molar-refractivity contribution in [3.05, 3.63) is 26.6 Å². The van der Waals surface area contributed by atoms with Gasteiger partial charge in [0, 0.05) is 10.9 Å². The number of aromatic nitrogens is 2.